The van der Waals surface area contributed by atoms with Gasteiger partial charge in [0.2, 0.25) is 0 Å². The van der Waals surface area contributed by atoms with Crippen molar-refractivity contribution in [1.29, 1.82) is 0 Å². The van der Waals surface area contributed by atoms with E-state index in [1.807, 2.05) is 0 Å². The van der Waals surface area contributed by atoms with Crippen LogP contribution in [0.2, 0.25) is 0 Å². The Morgan fingerprint density at radius 2 is 2.10 bits per heavy atom. The van der Waals surface area contributed by atoms with Crippen LogP contribution in [0.5, 0.6) is 0 Å². The summed E-state index contributed by atoms with van der Waals surface area (Å²) in [6, 6.07) is 0. The third-order valence-corrected chi connectivity index (χ3v) is 2.56. The molecule has 1 rings (SSSR count). The van der Waals surface area contributed by atoms with Crippen LogP contribution in [0.25, 0.3) is 0 Å². The van der Waals surface area contributed by atoms with Gasteiger partial charge in [0.15, 0.2) is 0 Å². The van der Waals surface area contributed by atoms with E-state index in [4.69, 9.17) is 0 Å². The van der Waals surface area contributed by atoms with Crippen LogP contribution in [0.1, 0.15) is 12.8 Å². The molecule has 1 saturated carbocycles. The molecule has 0 aliphatic heterocycles. The first-order valence-corrected chi connectivity index (χ1v) is 4.57. The van der Waals surface area contributed by atoms with Crippen molar-refractivity contribution in [3.63, 3.8) is 0 Å². The Morgan fingerprint density at radius 3 is 2.50 bits per heavy atom. The van der Waals surface area contributed by atoms with Crippen LogP contribution in [0.15, 0.2) is 4.40 Å². The molecular weight excluding hydrogens is 154 g/mol. The molecule has 0 heterocycles. The molecule has 0 aromatic rings. The van der Waals surface area contributed by atoms with Crippen molar-refractivity contribution in [2.24, 2.45) is 10.3 Å². The number of sulfonamides is 1. The molecule has 1 aliphatic rings. The highest BCUT2D eigenvalue weighted by atomic mass is 32.2. The number of carbonyl (C=O) groups excluding carboxylic acids is 1. The maximum absolute atomic E-state index is 10.7. The van der Waals surface area contributed by atoms with Gasteiger partial charge in [-0.25, -0.2) is 13.2 Å². The van der Waals surface area contributed by atoms with Crippen molar-refractivity contribution in [3.05, 3.63) is 0 Å². The molecule has 5 heteroatoms. The lowest BCUT2D eigenvalue weighted by atomic mass is 10.5. The molecule has 0 aromatic carbocycles. The second-order valence-corrected chi connectivity index (χ2v) is 4.05. The molecule has 0 N–H and O–H groups in total. The van der Waals surface area contributed by atoms with Crippen molar-refractivity contribution in [1.82, 2.24) is 0 Å². The fourth-order valence-electron chi connectivity index (χ4n) is 0.676. The summed E-state index contributed by atoms with van der Waals surface area (Å²) < 4.78 is 24.0. The highest BCUT2D eigenvalue weighted by Gasteiger charge is 2.27. The average Bonchev–Trinajstić information content (AvgIpc) is 2.48. The molecule has 0 amide bonds. The molecule has 0 unspecified atom stereocenters. The second kappa shape index (κ2) is 2.52. The molecule has 0 atom stereocenters. The topological polar surface area (TPSA) is 63.6 Å². The van der Waals surface area contributed by atoms with E-state index < -0.39 is 10.0 Å². The van der Waals surface area contributed by atoms with E-state index in [2.05, 4.69) is 4.40 Å². The van der Waals surface area contributed by atoms with Crippen LogP contribution >= 0.6 is 0 Å². The van der Waals surface area contributed by atoms with Gasteiger partial charge in [-0.1, -0.05) is 4.40 Å². The molecule has 0 aromatic heterocycles. The van der Waals surface area contributed by atoms with Crippen LogP contribution < -0.4 is 0 Å². The summed E-state index contributed by atoms with van der Waals surface area (Å²) in [5.41, 5.74) is 0. The molecule has 0 saturated heterocycles. The number of isocyanates is 1. The van der Waals surface area contributed by atoms with E-state index in [-0.39, 0.29) is 11.7 Å². The summed E-state index contributed by atoms with van der Waals surface area (Å²) in [7, 11) is -3.47. The van der Waals surface area contributed by atoms with Gasteiger partial charge in [0.1, 0.15) is 0 Å². The van der Waals surface area contributed by atoms with Gasteiger partial charge in [0, 0.05) is 0 Å². The number of hydrogen-bond acceptors (Lipinski definition) is 3. The highest BCUT2D eigenvalue weighted by molar-refractivity contribution is 7.90. The van der Waals surface area contributed by atoms with Crippen molar-refractivity contribution in [2.75, 3.05) is 5.75 Å². The van der Waals surface area contributed by atoms with Gasteiger partial charge in [-0.05, 0) is 18.8 Å². The van der Waals surface area contributed by atoms with Gasteiger partial charge in [0.25, 0.3) is 16.1 Å². The minimum atomic E-state index is -3.47. The van der Waals surface area contributed by atoms with Crippen LogP contribution in [0, 0.1) is 5.92 Å². The summed E-state index contributed by atoms with van der Waals surface area (Å²) in [6.07, 6.45) is 2.90. The van der Waals surface area contributed by atoms with Crippen LogP contribution in [-0.4, -0.2) is 20.3 Å². The summed E-state index contributed by atoms with van der Waals surface area (Å²) >= 11 is 0. The van der Waals surface area contributed by atoms with Crippen LogP contribution in [-0.2, 0) is 14.8 Å². The van der Waals surface area contributed by atoms with Gasteiger partial charge < -0.3 is 0 Å². The molecular formula is C5H7NO3S. The standard InChI is InChI=1S/C5H7NO3S/c7-4-6-10(8,9)3-5-1-2-5/h5H,1-3H2. The van der Waals surface area contributed by atoms with Gasteiger partial charge in [0.05, 0.1) is 5.75 Å². The lowest BCUT2D eigenvalue weighted by molar-refractivity contribution is 0.563. The van der Waals surface area contributed by atoms with Gasteiger partial charge in [-0.3, -0.25) is 0 Å². The maximum Gasteiger partial charge on any atom is 0.263 e. The molecule has 4 nitrogen and oxygen atoms in total. The van der Waals surface area contributed by atoms with Crippen molar-refractivity contribution >= 4 is 16.1 Å². The molecule has 0 radical (unpaired) electrons. The average molecular weight is 161 g/mol. The first-order chi connectivity index (χ1) is 4.64. The number of hydrogen-bond donors (Lipinski definition) is 0. The first-order valence-electron chi connectivity index (χ1n) is 2.96. The second-order valence-electron chi connectivity index (χ2n) is 2.37. The molecule has 0 spiro atoms. The number of rotatable bonds is 3. The van der Waals surface area contributed by atoms with Crippen LogP contribution in [0.3, 0.4) is 0 Å². The third kappa shape index (κ3) is 2.29. The zero-order valence-corrected chi connectivity index (χ0v) is 6.10. The van der Waals surface area contributed by atoms with Crippen molar-refractivity contribution in [2.45, 2.75) is 12.8 Å². The Balaban J connectivity index is 2.58. The molecule has 1 aliphatic carbocycles. The zero-order chi connectivity index (χ0) is 7.61. The predicted octanol–water partition coefficient (Wildman–Crippen LogP) is 0.0620. The van der Waals surface area contributed by atoms with Crippen LogP contribution in [0.4, 0.5) is 0 Å². The predicted molar refractivity (Wildman–Crippen MR) is 34.6 cm³/mol. The van der Waals surface area contributed by atoms with Gasteiger partial charge in [-0.15, -0.1) is 0 Å². The maximum atomic E-state index is 10.7. The van der Waals surface area contributed by atoms with E-state index >= 15 is 0 Å². The van der Waals surface area contributed by atoms with Crippen molar-refractivity contribution < 1.29 is 13.2 Å². The largest absolute Gasteiger partial charge is 0.263 e. The molecule has 56 valence electrons. The lowest BCUT2D eigenvalue weighted by Crippen LogP contribution is -2.03. The highest BCUT2D eigenvalue weighted by Crippen LogP contribution is 2.30. The summed E-state index contributed by atoms with van der Waals surface area (Å²) in [4.78, 5) is 9.55. The van der Waals surface area contributed by atoms with E-state index in [1.54, 1.807) is 0 Å². The van der Waals surface area contributed by atoms with E-state index in [1.165, 1.54) is 0 Å². The SMILES string of the molecule is O=C=NS(=O)(=O)CC1CC1. The number of nitrogens with zero attached hydrogens (tertiary/aromatic N) is 1. The normalized spacial score (nSPS) is 18.0. The minimum absolute atomic E-state index is 0.0161. The summed E-state index contributed by atoms with van der Waals surface area (Å²) in [6.45, 7) is 0. The molecule has 10 heavy (non-hydrogen) atoms. The summed E-state index contributed by atoms with van der Waals surface area (Å²) in [5.74, 6) is 0.254. The van der Waals surface area contributed by atoms with E-state index in [0.717, 1.165) is 18.9 Å². The Kier molecular flexibility index (Phi) is 1.87. The van der Waals surface area contributed by atoms with E-state index in [9.17, 15) is 13.2 Å². The van der Waals surface area contributed by atoms with E-state index in [0.29, 0.717) is 0 Å². The lowest BCUT2D eigenvalue weighted by Gasteiger charge is -1.89. The zero-order valence-electron chi connectivity index (χ0n) is 5.28. The van der Waals surface area contributed by atoms with Crippen molar-refractivity contribution in [3.8, 4) is 0 Å². The Labute approximate surface area is 59.0 Å². The monoisotopic (exact) mass is 161 g/mol. The fraction of sp³-hybridized carbons (Fsp3) is 0.800. The first kappa shape index (κ1) is 7.44. The molecule has 0 bridgehead atoms. The van der Waals surface area contributed by atoms with Gasteiger partial charge >= 0.3 is 0 Å². The summed E-state index contributed by atoms with van der Waals surface area (Å²) in [5, 5.41) is 0. The Morgan fingerprint density at radius 1 is 1.50 bits per heavy atom. The quantitative estimate of drug-likeness (QED) is 0.434. The van der Waals surface area contributed by atoms with Gasteiger partial charge in [-0.2, -0.15) is 0 Å². The molecule has 1 fully saturated rings. The minimum Gasteiger partial charge on any atom is -0.210 e. The third-order valence-electron chi connectivity index (χ3n) is 1.32. The fourth-order valence-corrected chi connectivity index (χ4v) is 1.79. The smallest absolute Gasteiger partial charge is 0.210 e. The Hall–Kier alpha value is -0.670. The Bertz CT molecular complexity index is 259.